The van der Waals surface area contributed by atoms with Gasteiger partial charge in [-0.05, 0) is 37.6 Å². The molecule has 0 saturated carbocycles. The van der Waals surface area contributed by atoms with E-state index in [2.05, 4.69) is 52.1 Å². The molecule has 7 heteroatoms. The fraction of sp³-hybridized carbons (Fsp3) is 0.500. The fourth-order valence-electron chi connectivity index (χ4n) is 5.16. The van der Waals surface area contributed by atoms with Crippen LogP contribution in [0.15, 0.2) is 54.6 Å². The number of anilines is 1. The van der Waals surface area contributed by atoms with E-state index in [-0.39, 0.29) is 18.1 Å². The van der Waals surface area contributed by atoms with Gasteiger partial charge >= 0.3 is 0 Å². The van der Waals surface area contributed by atoms with E-state index in [0.29, 0.717) is 18.4 Å². The van der Waals surface area contributed by atoms with Gasteiger partial charge in [-0.15, -0.1) is 0 Å². The number of primary amides is 1. The maximum atomic E-state index is 11.9. The number of carbonyl (C=O) groups excluding carboxylic acids is 1. The van der Waals surface area contributed by atoms with Crippen LogP contribution >= 0.6 is 0 Å². The number of rotatable bonds is 10. The van der Waals surface area contributed by atoms with Crippen LogP contribution in [0, 0.1) is 0 Å². The molecule has 2 N–H and O–H groups in total. The molecule has 1 unspecified atom stereocenters. The average molecular weight is 453 g/mol. The molecule has 0 aromatic heterocycles. The number of likely N-dealkylation sites (N-methyl/N-ethyl adjacent to an activating group) is 1. The van der Waals surface area contributed by atoms with E-state index in [9.17, 15) is 4.79 Å². The standard InChI is InChI=1S/C26H36N4O3/c1-28(21-12-15-30(16-21)24-11-7-6-10-23(24)26(27)31)25(20-8-4-3-5-9-20)18-29-14-13-22(17-29)33-19-32-2/h3-11,21-22,25H,12-19H2,1-2H3,(H2,27,31)/t21?,22-,25+/m0/s1. The minimum absolute atomic E-state index is 0.235. The Bertz CT molecular complexity index is 909. The summed E-state index contributed by atoms with van der Waals surface area (Å²) in [7, 11) is 3.90. The lowest BCUT2D eigenvalue weighted by Gasteiger charge is -2.36. The van der Waals surface area contributed by atoms with Crippen LogP contribution in [-0.4, -0.2) is 81.5 Å². The smallest absolute Gasteiger partial charge is 0.250 e. The van der Waals surface area contributed by atoms with E-state index < -0.39 is 0 Å². The Morgan fingerprint density at radius 3 is 2.61 bits per heavy atom. The Morgan fingerprint density at radius 1 is 1.09 bits per heavy atom. The van der Waals surface area contributed by atoms with Crippen molar-refractivity contribution in [3.8, 4) is 0 Å². The zero-order chi connectivity index (χ0) is 23.2. The number of hydrogen-bond donors (Lipinski definition) is 1. The summed E-state index contributed by atoms with van der Waals surface area (Å²) in [6, 6.07) is 19.1. The van der Waals surface area contributed by atoms with Crippen molar-refractivity contribution in [1.29, 1.82) is 0 Å². The molecule has 2 aromatic rings. The van der Waals surface area contributed by atoms with Gasteiger partial charge in [0.1, 0.15) is 6.79 Å². The number of nitrogens with zero attached hydrogens (tertiary/aromatic N) is 3. The maximum absolute atomic E-state index is 11.9. The molecule has 178 valence electrons. The summed E-state index contributed by atoms with van der Waals surface area (Å²) in [6.45, 7) is 5.08. The highest BCUT2D eigenvalue weighted by Crippen LogP contribution is 2.31. The fourth-order valence-corrected chi connectivity index (χ4v) is 5.16. The molecule has 2 aliphatic rings. The van der Waals surface area contributed by atoms with Crippen molar-refractivity contribution < 1.29 is 14.3 Å². The van der Waals surface area contributed by atoms with Gasteiger partial charge in [-0.2, -0.15) is 0 Å². The third-order valence-corrected chi connectivity index (χ3v) is 7.01. The topological polar surface area (TPSA) is 71.3 Å². The molecule has 2 aromatic carbocycles. The molecule has 0 radical (unpaired) electrons. The summed E-state index contributed by atoms with van der Waals surface area (Å²) >= 11 is 0. The van der Waals surface area contributed by atoms with Gasteiger partial charge in [-0.3, -0.25) is 14.6 Å². The second kappa shape index (κ2) is 11.1. The Labute approximate surface area is 197 Å². The summed E-state index contributed by atoms with van der Waals surface area (Å²) < 4.78 is 10.9. The number of carbonyl (C=O) groups is 1. The SMILES string of the molecule is COCO[C@H]1CCN(C[C@H](c2ccccc2)N(C)C2CCN(c3ccccc3C(N)=O)C2)C1. The van der Waals surface area contributed by atoms with Crippen molar-refractivity contribution in [2.24, 2.45) is 5.73 Å². The minimum Gasteiger partial charge on any atom is -0.369 e. The highest BCUT2D eigenvalue weighted by molar-refractivity contribution is 5.98. The molecule has 7 nitrogen and oxygen atoms in total. The second-order valence-corrected chi connectivity index (χ2v) is 9.11. The summed E-state index contributed by atoms with van der Waals surface area (Å²) in [5, 5.41) is 0. The molecule has 1 amide bonds. The van der Waals surface area contributed by atoms with Gasteiger partial charge in [0.05, 0.1) is 11.7 Å². The number of ether oxygens (including phenoxy) is 2. The summed E-state index contributed by atoms with van der Waals surface area (Å²) in [4.78, 5) is 19.3. The Morgan fingerprint density at radius 2 is 1.85 bits per heavy atom. The molecular weight excluding hydrogens is 416 g/mol. The Balaban J connectivity index is 1.46. The first-order valence-corrected chi connectivity index (χ1v) is 11.8. The second-order valence-electron chi connectivity index (χ2n) is 9.11. The number of methoxy groups -OCH3 is 1. The predicted octanol–water partition coefficient (Wildman–Crippen LogP) is 2.73. The lowest BCUT2D eigenvalue weighted by atomic mass is 10.0. The number of nitrogens with two attached hydrogens (primary N) is 1. The molecule has 0 bridgehead atoms. The normalized spacial score (nSPS) is 22.2. The van der Waals surface area contributed by atoms with Crippen molar-refractivity contribution in [1.82, 2.24) is 9.80 Å². The van der Waals surface area contributed by atoms with E-state index >= 15 is 0 Å². The predicted molar refractivity (Wildman–Crippen MR) is 130 cm³/mol. The summed E-state index contributed by atoms with van der Waals surface area (Å²) in [6.07, 6.45) is 2.32. The summed E-state index contributed by atoms with van der Waals surface area (Å²) in [5.74, 6) is -0.371. The third-order valence-electron chi connectivity index (χ3n) is 7.01. The zero-order valence-corrected chi connectivity index (χ0v) is 19.7. The third kappa shape index (κ3) is 5.73. The van der Waals surface area contributed by atoms with Crippen molar-refractivity contribution >= 4 is 11.6 Å². The van der Waals surface area contributed by atoms with Crippen LogP contribution in [0.1, 0.15) is 34.8 Å². The zero-order valence-electron chi connectivity index (χ0n) is 19.7. The van der Waals surface area contributed by atoms with Crippen LogP contribution in [0.5, 0.6) is 0 Å². The molecule has 2 saturated heterocycles. The van der Waals surface area contributed by atoms with Crippen molar-refractivity contribution in [2.45, 2.75) is 31.0 Å². The van der Waals surface area contributed by atoms with Crippen molar-refractivity contribution in [3.05, 3.63) is 65.7 Å². The largest absolute Gasteiger partial charge is 0.369 e. The molecule has 0 aliphatic carbocycles. The van der Waals surface area contributed by atoms with Crippen LogP contribution in [0.3, 0.4) is 0 Å². The molecule has 4 rings (SSSR count). The van der Waals surface area contributed by atoms with E-state index in [0.717, 1.165) is 51.3 Å². The van der Waals surface area contributed by atoms with E-state index in [1.165, 1.54) is 5.56 Å². The Hall–Kier alpha value is -2.45. The number of hydrogen-bond acceptors (Lipinski definition) is 6. The highest BCUT2D eigenvalue weighted by Gasteiger charge is 2.34. The number of amides is 1. The van der Waals surface area contributed by atoms with Gasteiger partial charge in [-0.25, -0.2) is 0 Å². The van der Waals surface area contributed by atoms with Gasteiger partial charge in [0.15, 0.2) is 0 Å². The van der Waals surface area contributed by atoms with Gasteiger partial charge < -0.3 is 20.1 Å². The van der Waals surface area contributed by atoms with Crippen LogP contribution in [0.25, 0.3) is 0 Å². The van der Waals surface area contributed by atoms with E-state index in [1.54, 1.807) is 7.11 Å². The monoisotopic (exact) mass is 452 g/mol. The number of para-hydroxylation sites is 1. The van der Waals surface area contributed by atoms with Crippen LogP contribution in [0.2, 0.25) is 0 Å². The van der Waals surface area contributed by atoms with Crippen molar-refractivity contribution in [2.75, 3.05) is 58.6 Å². The first kappa shape index (κ1) is 23.7. The van der Waals surface area contributed by atoms with Crippen LogP contribution in [-0.2, 0) is 9.47 Å². The van der Waals surface area contributed by atoms with Crippen molar-refractivity contribution in [3.63, 3.8) is 0 Å². The lowest BCUT2D eigenvalue weighted by molar-refractivity contribution is -0.0675. The highest BCUT2D eigenvalue weighted by atomic mass is 16.7. The molecule has 2 heterocycles. The average Bonchev–Trinajstić information content (AvgIpc) is 3.51. The number of likely N-dealkylation sites (tertiary alicyclic amines) is 1. The van der Waals surface area contributed by atoms with E-state index in [4.69, 9.17) is 15.2 Å². The lowest BCUT2D eigenvalue weighted by Crippen LogP contribution is -2.42. The Kier molecular flexibility index (Phi) is 7.98. The molecular formula is C26H36N4O3. The quantitative estimate of drug-likeness (QED) is 0.559. The molecule has 33 heavy (non-hydrogen) atoms. The summed E-state index contributed by atoms with van der Waals surface area (Å²) in [5.41, 5.74) is 8.50. The van der Waals surface area contributed by atoms with Gasteiger partial charge in [-0.1, -0.05) is 42.5 Å². The first-order valence-electron chi connectivity index (χ1n) is 11.8. The van der Waals surface area contributed by atoms with Crippen LogP contribution < -0.4 is 10.6 Å². The first-order chi connectivity index (χ1) is 16.1. The van der Waals surface area contributed by atoms with Crippen LogP contribution in [0.4, 0.5) is 5.69 Å². The molecule has 2 fully saturated rings. The number of benzene rings is 2. The minimum atomic E-state index is -0.371. The molecule has 3 atom stereocenters. The van der Waals surface area contributed by atoms with E-state index in [1.807, 2.05) is 24.3 Å². The van der Waals surface area contributed by atoms with Gasteiger partial charge in [0.2, 0.25) is 0 Å². The molecule has 0 spiro atoms. The maximum Gasteiger partial charge on any atom is 0.250 e. The molecule has 2 aliphatic heterocycles. The van der Waals surface area contributed by atoms with Gasteiger partial charge in [0.25, 0.3) is 5.91 Å². The van der Waals surface area contributed by atoms with Gasteiger partial charge in [0, 0.05) is 57.6 Å².